The Morgan fingerprint density at radius 2 is 0.706 bits per heavy atom. The van der Waals surface area contributed by atoms with Gasteiger partial charge in [-0.05, 0) is 6.42 Å². The minimum absolute atomic E-state index is 0.439. The largest absolute Gasteiger partial charge is 0.462 e. The van der Waals surface area contributed by atoms with Gasteiger partial charge in [-0.3, -0.25) is 9.47 Å². The van der Waals surface area contributed by atoms with E-state index in [0.29, 0.717) is 0 Å². The SMILES string of the molecule is CCC(COC(=O)C(F)(OC(F)(F)C(F)(F)C(F)(F)F)C(F)(F)F)(C(F)(F)F)C(F)(F)OC(=O)C(F)(OC(F)(F)C(F)(F)C(F)(F)F)C(F)(F)F. The van der Waals surface area contributed by atoms with Crippen molar-refractivity contribution in [1.29, 1.82) is 0 Å². The normalized spacial score (nSPS) is 18.7. The van der Waals surface area contributed by atoms with Crippen molar-refractivity contribution in [3.8, 4) is 0 Å². The molecule has 3 unspecified atom stereocenters. The number of ether oxygens (including phenoxy) is 4. The molecule has 0 saturated heterocycles. The maximum atomic E-state index is 14.7. The summed E-state index contributed by atoms with van der Waals surface area (Å²) >= 11 is 0. The Hall–Kier alpha value is -3.03. The summed E-state index contributed by atoms with van der Waals surface area (Å²) < 4.78 is 362. The first-order valence-electron chi connectivity index (χ1n) is 11.1. The molecule has 0 fully saturated rings. The van der Waals surface area contributed by atoms with Crippen molar-refractivity contribution in [3.05, 3.63) is 0 Å². The highest BCUT2D eigenvalue weighted by molar-refractivity contribution is 5.80. The Kier molecular flexibility index (Phi) is 12.3. The fourth-order valence-corrected chi connectivity index (χ4v) is 2.64. The van der Waals surface area contributed by atoms with Crippen LogP contribution < -0.4 is 0 Å². The van der Waals surface area contributed by atoms with E-state index in [0.717, 1.165) is 0 Å². The van der Waals surface area contributed by atoms with Crippen LogP contribution in [0.5, 0.6) is 0 Å². The van der Waals surface area contributed by atoms with E-state index in [2.05, 4.69) is 9.47 Å². The zero-order chi connectivity index (χ0) is 41.9. The molecule has 0 rings (SSSR count). The van der Waals surface area contributed by atoms with Crippen LogP contribution in [-0.2, 0) is 28.5 Å². The highest BCUT2D eigenvalue weighted by Crippen LogP contribution is 2.56. The Bertz CT molecular complexity index is 1260. The Morgan fingerprint density at radius 3 is 0.941 bits per heavy atom. The number of halogens is 27. The van der Waals surface area contributed by atoms with Gasteiger partial charge in [0.15, 0.2) is 0 Å². The summed E-state index contributed by atoms with van der Waals surface area (Å²) in [5.74, 6) is -41.4. The van der Waals surface area contributed by atoms with Gasteiger partial charge >= 0.3 is 84.7 Å². The maximum absolute atomic E-state index is 14.7. The molecule has 0 aliphatic carbocycles. The number of hydrogen-bond donors (Lipinski definition) is 0. The van der Waals surface area contributed by atoms with E-state index >= 15 is 0 Å². The highest BCUT2D eigenvalue weighted by Gasteiger charge is 2.83. The number of carbonyl (C=O) groups is 2. The average molecular weight is 832 g/mol. The predicted octanol–water partition coefficient (Wildman–Crippen LogP) is 8.69. The van der Waals surface area contributed by atoms with Crippen molar-refractivity contribution in [3.63, 3.8) is 0 Å². The van der Waals surface area contributed by atoms with Gasteiger partial charge in [-0.1, -0.05) is 6.92 Å². The lowest BCUT2D eigenvalue weighted by Gasteiger charge is -2.41. The van der Waals surface area contributed by atoms with Gasteiger partial charge in [-0.25, -0.2) is 9.59 Å². The minimum atomic E-state index is -8.04. The number of carbonyl (C=O) groups excluding carboxylic acids is 2. The number of rotatable bonds is 13. The molecule has 0 amide bonds. The second kappa shape index (κ2) is 13.1. The second-order valence-electron chi connectivity index (χ2n) is 8.98. The Balaban J connectivity index is 7.12. The van der Waals surface area contributed by atoms with E-state index in [-0.39, 0.29) is 0 Å². The van der Waals surface area contributed by atoms with E-state index in [4.69, 9.17) is 0 Å². The molecule has 0 aliphatic rings. The molecule has 33 heteroatoms. The topological polar surface area (TPSA) is 71.1 Å². The summed E-state index contributed by atoms with van der Waals surface area (Å²) in [6.45, 7) is -4.49. The van der Waals surface area contributed by atoms with Crippen LogP contribution in [0.15, 0.2) is 0 Å². The Morgan fingerprint density at radius 1 is 0.412 bits per heavy atom. The zero-order valence-corrected chi connectivity index (χ0v) is 22.6. The van der Waals surface area contributed by atoms with Crippen molar-refractivity contribution in [2.24, 2.45) is 5.41 Å². The van der Waals surface area contributed by atoms with Crippen molar-refractivity contribution in [2.75, 3.05) is 6.61 Å². The van der Waals surface area contributed by atoms with Crippen LogP contribution in [0, 0.1) is 5.41 Å². The van der Waals surface area contributed by atoms with E-state index < -0.39 is 110 Å². The van der Waals surface area contributed by atoms with Crippen LogP contribution in [-0.4, -0.2) is 91.3 Å². The van der Waals surface area contributed by atoms with E-state index in [1.54, 1.807) is 0 Å². The van der Waals surface area contributed by atoms with Crippen LogP contribution in [0.4, 0.5) is 119 Å². The number of esters is 2. The lowest BCUT2D eigenvalue weighted by atomic mass is 9.83. The van der Waals surface area contributed by atoms with Crippen LogP contribution in [0.1, 0.15) is 13.3 Å². The highest BCUT2D eigenvalue weighted by atomic mass is 19.4. The van der Waals surface area contributed by atoms with Crippen molar-refractivity contribution >= 4 is 11.9 Å². The van der Waals surface area contributed by atoms with Gasteiger partial charge in [0.1, 0.15) is 6.61 Å². The molecular weight excluding hydrogens is 825 g/mol. The van der Waals surface area contributed by atoms with Gasteiger partial charge in [-0.2, -0.15) is 119 Å². The fraction of sp³-hybridized carbons (Fsp3) is 0.889. The molecule has 3 atom stereocenters. The summed E-state index contributed by atoms with van der Waals surface area (Å²) in [5, 5.41) is 0. The summed E-state index contributed by atoms with van der Waals surface area (Å²) in [5.41, 5.74) is -6.21. The van der Waals surface area contributed by atoms with E-state index in [1.165, 1.54) is 9.47 Å². The molecule has 0 aliphatic heterocycles. The quantitative estimate of drug-likeness (QED) is 0.137. The first-order valence-corrected chi connectivity index (χ1v) is 11.1. The summed E-state index contributed by atoms with van der Waals surface area (Å²) in [4.78, 5) is 23.0. The third-order valence-corrected chi connectivity index (χ3v) is 5.61. The summed E-state index contributed by atoms with van der Waals surface area (Å²) in [7, 11) is 0. The first kappa shape index (κ1) is 48.0. The fourth-order valence-electron chi connectivity index (χ4n) is 2.64. The van der Waals surface area contributed by atoms with Gasteiger partial charge < -0.3 is 9.47 Å². The average Bonchev–Trinajstić information content (AvgIpc) is 2.84. The van der Waals surface area contributed by atoms with E-state index in [9.17, 15) is 128 Å². The summed E-state index contributed by atoms with van der Waals surface area (Å²) in [6, 6.07) is 0. The molecule has 51 heavy (non-hydrogen) atoms. The van der Waals surface area contributed by atoms with Crippen LogP contribution in [0.3, 0.4) is 0 Å². The monoisotopic (exact) mass is 832 g/mol. The third-order valence-electron chi connectivity index (χ3n) is 5.61. The molecule has 0 N–H and O–H groups in total. The second-order valence-corrected chi connectivity index (χ2v) is 8.98. The van der Waals surface area contributed by atoms with E-state index in [1.807, 2.05) is 0 Å². The minimum Gasteiger partial charge on any atom is -0.460 e. The zero-order valence-electron chi connectivity index (χ0n) is 22.6. The summed E-state index contributed by atoms with van der Waals surface area (Å²) in [6.07, 6.45) is -64.9. The third kappa shape index (κ3) is 8.30. The number of hydrogen-bond acceptors (Lipinski definition) is 6. The van der Waals surface area contributed by atoms with Gasteiger partial charge in [0.05, 0.1) is 0 Å². The molecule has 0 saturated carbocycles. The molecule has 0 radical (unpaired) electrons. The smallest absolute Gasteiger partial charge is 0.460 e. The van der Waals surface area contributed by atoms with Crippen LogP contribution in [0.25, 0.3) is 0 Å². The van der Waals surface area contributed by atoms with Gasteiger partial charge in [0, 0.05) is 0 Å². The van der Waals surface area contributed by atoms with Crippen molar-refractivity contribution < 1.29 is 147 Å². The molecule has 6 nitrogen and oxygen atoms in total. The molecular formula is C18H7F27O6. The molecule has 0 aromatic heterocycles. The first-order chi connectivity index (χ1) is 21.7. The van der Waals surface area contributed by atoms with Gasteiger partial charge in [0.2, 0.25) is 5.41 Å². The molecule has 0 spiro atoms. The maximum Gasteiger partial charge on any atom is 0.462 e. The standard InChI is InChI=1S/C18H7F27O6/c1-2-6(11(25,26)27,3-48-4(46)7(19,12(28,29)30)50-17(42,43)9(21,22)14(34,35)36)16(40,41)49-5(47)8(20,13(31,32)33)51-18(44,45)10(23,24)15(37,38)39/h2-3H2,1H3. The number of alkyl halides is 27. The van der Waals surface area contributed by atoms with Crippen molar-refractivity contribution in [2.45, 2.75) is 86.1 Å². The lowest BCUT2D eigenvalue weighted by Crippen LogP contribution is -2.64. The molecule has 0 aromatic carbocycles. The molecule has 0 heterocycles. The molecule has 304 valence electrons. The van der Waals surface area contributed by atoms with Crippen LogP contribution >= 0.6 is 0 Å². The van der Waals surface area contributed by atoms with Gasteiger partial charge in [0.25, 0.3) is 0 Å². The lowest BCUT2D eigenvalue weighted by molar-refractivity contribution is -0.479. The predicted molar refractivity (Wildman–Crippen MR) is 94.6 cm³/mol. The van der Waals surface area contributed by atoms with Gasteiger partial charge in [-0.15, -0.1) is 0 Å². The molecule has 0 bridgehead atoms. The Labute approximate surface area is 258 Å². The van der Waals surface area contributed by atoms with Crippen molar-refractivity contribution in [1.82, 2.24) is 0 Å². The molecule has 0 aromatic rings. The van der Waals surface area contributed by atoms with Crippen LogP contribution in [0.2, 0.25) is 0 Å².